The second kappa shape index (κ2) is 11.7. The van der Waals surface area contributed by atoms with Crippen molar-refractivity contribution >= 4 is 17.9 Å². The third-order valence-electron chi connectivity index (χ3n) is 3.60. The fourth-order valence-electron chi connectivity index (χ4n) is 2.32. The van der Waals surface area contributed by atoms with Crippen molar-refractivity contribution in [3.8, 4) is 0 Å². The molecule has 9 heteroatoms. The van der Waals surface area contributed by atoms with Gasteiger partial charge in [-0.25, -0.2) is 9.59 Å². The van der Waals surface area contributed by atoms with Gasteiger partial charge in [0.15, 0.2) is 0 Å². The summed E-state index contributed by atoms with van der Waals surface area (Å²) in [6.07, 6.45) is 1.40. The Kier molecular flexibility index (Phi) is 9.67. The minimum atomic E-state index is -0.532. The molecule has 1 aromatic carbocycles. The molecule has 154 valence electrons. The Balaban J connectivity index is 2.18. The highest BCUT2D eigenvalue weighted by Crippen LogP contribution is 2.19. The third kappa shape index (κ3) is 10.3. The van der Waals surface area contributed by atoms with E-state index in [-0.39, 0.29) is 12.6 Å². The molecule has 1 aromatic rings. The van der Waals surface area contributed by atoms with Gasteiger partial charge in [-0.2, -0.15) is 0 Å². The molecule has 0 saturated heterocycles. The van der Waals surface area contributed by atoms with Crippen LogP contribution < -0.4 is 10.6 Å². The Hall–Kier alpha value is -2.93. The number of unbranched alkanes of at least 4 members (excludes halogenated alkanes) is 1. The first kappa shape index (κ1) is 23.1. The number of benzene rings is 1. The number of hydrogen-bond donors (Lipinski definition) is 2. The minimum Gasteiger partial charge on any atom is -0.445 e. The summed E-state index contributed by atoms with van der Waals surface area (Å²) in [6.45, 7) is 7.85. The normalized spacial score (nSPS) is 11.7. The molecule has 28 heavy (non-hydrogen) atoms. The predicted molar refractivity (Wildman–Crippen MR) is 106 cm³/mol. The lowest BCUT2D eigenvalue weighted by Gasteiger charge is -2.21. The van der Waals surface area contributed by atoms with Crippen LogP contribution in [0, 0.1) is 0 Å². The highest BCUT2D eigenvalue weighted by molar-refractivity contribution is 5.68. The SMILES string of the molecule is CC(CCCCNC(=O)OCc1ccccc1N=[N+]=[N-])NC(=O)OC(C)(C)C. The lowest BCUT2D eigenvalue weighted by atomic mass is 10.1. The highest BCUT2D eigenvalue weighted by atomic mass is 16.6. The second-order valence-electron chi connectivity index (χ2n) is 7.36. The van der Waals surface area contributed by atoms with Gasteiger partial charge in [0.05, 0.1) is 0 Å². The average Bonchev–Trinajstić information content (AvgIpc) is 2.59. The van der Waals surface area contributed by atoms with Gasteiger partial charge in [-0.05, 0) is 58.1 Å². The number of amides is 2. The van der Waals surface area contributed by atoms with Crippen LogP contribution in [-0.2, 0) is 16.1 Å². The van der Waals surface area contributed by atoms with Crippen LogP contribution in [0.1, 0.15) is 52.5 Å². The fraction of sp³-hybridized carbons (Fsp3) is 0.579. The molecule has 0 aliphatic carbocycles. The molecule has 1 rings (SSSR count). The van der Waals surface area contributed by atoms with Crippen LogP contribution in [0.3, 0.4) is 0 Å². The van der Waals surface area contributed by atoms with Crippen LogP contribution in [0.15, 0.2) is 29.4 Å². The molecule has 0 aromatic heterocycles. The van der Waals surface area contributed by atoms with Crippen molar-refractivity contribution in [2.45, 2.75) is 65.2 Å². The maximum atomic E-state index is 11.8. The van der Waals surface area contributed by atoms with Gasteiger partial charge in [0, 0.05) is 23.2 Å². The smallest absolute Gasteiger partial charge is 0.407 e. The molecule has 0 aliphatic heterocycles. The van der Waals surface area contributed by atoms with Crippen molar-refractivity contribution in [1.82, 2.24) is 10.6 Å². The summed E-state index contributed by atoms with van der Waals surface area (Å²) in [5.74, 6) is 0. The number of nitrogens with zero attached hydrogens (tertiary/aromatic N) is 3. The van der Waals surface area contributed by atoms with Crippen LogP contribution in [0.4, 0.5) is 15.3 Å². The first-order chi connectivity index (χ1) is 13.2. The zero-order valence-electron chi connectivity index (χ0n) is 16.9. The van der Waals surface area contributed by atoms with Gasteiger partial charge in [-0.3, -0.25) is 0 Å². The van der Waals surface area contributed by atoms with Crippen LogP contribution in [-0.4, -0.2) is 30.4 Å². The van der Waals surface area contributed by atoms with Crippen LogP contribution in [0.5, 0.6) is 0 Å². The van der Waals surface area contributed by atoms with E-state index in [4.69, 9.17) is 15.0 Å². The van der Waals surface area contributed by atoms with Crippen molar-refractivity contribution in [3.05, 3.63) is 40.3 Å². The van der Waals surface area contributed by atoms with E-state index in [1.54, 1.807) is 24.3 Å². The van der Waals surface area contributed by atoms with Crippen molar-refractivity contribution in [2.24, 2.45) is 5.11 Å². The van der Waals surface area contributed by atoms with Gasteiger partial charge in [-0.15, -0.1) is 0 Å². The van der Waals surface area contributed by atoms with Crippen LogP contribution in [0.2, 0.25) is 0 Å². The second-order valence-corrected chi connectivity index (χ2v) is 7.36. The Morgan fingerprint density at radius 2 is 1.93 bits per heavy atom. The molecule has 2 N–H and O–H groups in total. The summed E-state index contributed by atoms with van der Waals surface area (Å²) in [7, 11) is 0. The van der Waals surface area contributed by atoms with E-state index in [9.17, 15) is 9.59 Å². The zero-order chi connectivity index (χ0) is 21.0. The summed E-state index contributed by atoms with van der Waals surface area (Å²) in [4.78, 5) is 26.2. The van der Waals surface area contributed by atoms with E-state index in [2.05, 4.69) is 20.7 Å². The van der Waals surface area contributed by atoms with Gasteiger partial charge in [0.1, 0.15) is 12.2 Å². The first-order valence-corrected chi connectivity index (χ1v) is 9.24. The average molecular weight is 391 g/mol. The number of rotatable bonds is 9. The Morgan fingerprint density at radius 3 is 2.61 bits per heavy atom. The number of nitrogens with one attached hydrogen (secondary N) is 2. The molecule has 0 saturated carbocycles. The highest BCUT2D eigenvalue weighted by Gasteiger charge is 2.17. The van der Waals surface area contributed by atoms with Crippen molar-refractivity contribution in [3.63, 3.8) is 0 Å². The molecule has 9 nitrogen and oxygen atoms in total. The molecule has 0 bridgehead atoms. The minimum absolute atomic E-state index is 0.0148. The number of carbonyl (C=O) groups excluding carboxylic acids is 2. The summed E-state index contributed by atoms with van der Waals surface area (Å²) in [5.41, 5.74) is 9.09. The molecule has 0 fully saturated rings. The number of azide groups is 1. The summed E-state index contributed by atoms with van der Waals surface area (Å²) in [6, 6.07) is 6.89. The van der Waals surface area contributed by atoms with Crippen molar-refractivity contribution < 1.29 is 19.1 Å². The van der Waals surface area contributed by atoms with Gasteiger partial charge in [-0.1, -0.05) is 29.4 Å². The van der Waals surface area contributed by atoms with E-state index in [1.165, 1.54) is 0 Å². The van der Waals surface area contributed by atoms with Crippen LogP contribution >= 0.6 is 0 Å². The van der Waals surface area contributed by atoms with E-state index in [0.717, 1.165) is 19.3 Å². The Bertz CT molecular complexity index is 696. The van der Waals surface area contributed by atoms with E-state index in [0.29, 0.717) is 17.8 Å². The summed E-state index contributed by atoms with van der Waals surface area (Å²) >= 11 is 0. The topological polar surface area (TPSA) is 125 Å². The molecular formula is C19H29N5O4. The standard InChI is InChI=1S/C19H29N5O4/c1-14(22-18(26)28-19(2,3)4)9-7-8-12-21-17(25)27-13-15-10-5-6-11-16(15)23-24-20/h5-6,10-11,14H,7-9,12-13H2,1-4H3,(H,21,25)(H,22,26). The summed E-state index contributed by atoms with van der Waals surface area (Å²) in [5, 5.41) is 9.01. The van der Waals surface area contributed by atoms with Crippen LogP contribution in [0.25, 0.3) is 10.4 Å². The number of hydrogen-bond acceptors (Lipinski definition) is 5. The number of ether oxygens (including phenoxy) is 2. The lowest BCUT2D eigenvalue weighted by Crippen LogP contribution is -2.37. The number of carbonyl (C=O) groups is 2. The molecular weight excluding hydrogens is 362 g/mol. The summed E-state index contributed by atoms with van der Waals surface area (Å²) < 4.78 is 10.3. The lowest BCUT2D eigenvalue weighted by molar-refractivity contribution is 0.0506. The van der Waals surface area contributed by atoms with Gasteiger partial charge in [0.25, 0.3) is 0 Å². The molecule has 0 aliphatic rings. The van der Waals surface area contributed by atoms with Gasteiger partial charge >= 0.3 is 12.2 Å². The van der Waals surface area contributed by atoms with E-state index in [1.807, 2.05) is 27.7 Å². The van der Waals surface area contributed by atoms with Gasteiger partial charge < -0.3 is 20.1 Å². The maximum absolute atomic E-state index is 11.8. The molecule has 0 spiro atoms. The van der Waals surface area contributed by atoms with E-state index < -0.39 is 17.8 Å². The predicted octanol–water partition coefficient (Wildman–Crippen LogP) is 4.94. The van der Waals surface area contributed by atoms with Crippen molar-refractivity contribution in [1.29, 1.82) is 0 Å². The van der Waals surface area contributed by atoms with E-state index >= 15 is 0 Å². The molecule has 1 unspecified atom stereocenters. The molecule has 1 atom stereocenters. The molecule has 0 heterocycles. The Morgan fingerprint density at radius 1 is 1.21 bits per heavy atom. The quantitative estimate of drug-likeness (QED) is 0.268. The monoisotopic (exact) mass is 391 g/mol. The molecule has 0 radical (unpaired) electrons. The Labute approximate surface area is 165 Å². The maximum Gasteiger partial charge on any atom is 0.407 e. The third-order valence-corrected chi connectivity index (χ3v) is 3.60. The van der Waals surface area contributed by atoms with Gasteiger partial charge in [0.2, 0.25) is 0 Å². The fourth-order valence-corrected chi connectivity index (χ4v) is 2.32. The number of alkyl carbamates (subject to hydrolysis) is 2. The first-order valence-electron chi connectivity index (χ1n) is 9.24. The molecule has 2 amide bonds. The zero-order valence-corrected chi connectivity index (χ0v) is 16.9. The van der Waals surface area contributed by atoms with Crippen molar-refractivity contribution in [2.75, 3.05) is 6.54 Å². The largest absolute Gasteiger partial charge is 0.445 e.